The number of nitrogens with one attached hydrogen (secondary N) is 1. The van der Waals surface area contributed by atoms with Crippen LogP contribution in [0.15, 0.2) is 12.1 Å². The molecule has 0 bridgehead atoms. The van der Waals surface area contributed by atoms with Crippen LogP contribution >= 0.6 is 23.2 Å². The first kappa shape index (κ1) is 11.2. The van der Waals surface area contributed by atoms with Gasteiger partial charge < -0.3 is 5.32 Å². The molecule has 0 saturated carbocycles. The third-order valence-corrected chi connectivity index (χ3v) is 2.55. The normalized spacial score (nSPS) is 9.57. The smallest absolute Gasteiger partial charge is 0.0641 e. The van der Waals surface area contributed by atoms with E-state index in [0.717, 1.165) is 11.3 Å². The van der Waals surface area contributed by atoms with Crippen LogP contribution in [0.4, 0.5) is 5.69 Å². The number of hydrogen-bond donors (Lipinski definition) is 1. The summed E-state index contributed by atoms with van der Waals surface area (Å²) >= 11 is 12.0. The van der Waals surface area contributed by atoms with Crippen LogP contribution in [0.25, 0.3) is 0 Å². The molecule has 0 saturated heterocycles. The number of aryl methyl sites for hydroxylation is 1. The molecule has 14 heavy (non-hydrogen) atoms. The van der Waals surface area contributed by atoms with Gasteiger partial charge >= 0.3 is 0 Å². The standard InChI is InChI=1S/C11H11Cl2N/c1-3-4-5-14-11-7-9(12)8(2)6-10(11)13/h1,6-7,14H,4-5H2,2H3. The Morgan fingerprint density at radius 3 is 2.71 bits per heavy atom. The van der Waals surface area contributed by atoms with E-state index in [9.17, 15) is 0 Å². The third-order valence-electron chi connectivity index (χ3n) is 1.83. The second-order valence-corrected chi connectivity index (χ2v) is 3.78. The molecule has 0 aliphatic carbocycles. The molecule has 0 aliphatic heterocycles. The van der Waals surface area contributed by atoms with Crippen molar-refractivity contribution in [1.29, 1.82) is 0 Å². The van der Waals surface area contributed by atoms with Gasteiger partial charge in [0.2, 0.25) is 0 Å². The number of benzene rings is 1. The fraction of sp³-hybridized carbons (Fsp3) is 0.273. The largest absolute Gasteiger partial charge is 0.383 e. The Balaban J connectivity index is 2.78. The molecule has 0 atom stereocenters. The van der Waals surface area contributed by atoms with Crippen molar-refractivity contribution in [3.8, 4) is 12.3 Å². The number of anilines is 1. The molecule has 0 aromatic heterocycles. The molecule has 3 heteroatoms. The van der Waals surface area contributed by atoms with Crippen LogP contribution < -0.4 is 5.32 Å². The van der Waals surface area contributed by atoms with Gasteiger partial charge in [-0.25, -0.2) is 0 Å². The SMILES string of the molecule is C#CCCNc1cc(Cl)c(C)cc1Cl. The van der Waals surface area contributed by atoms with Crippen molar-refractivity contribution in [3.05, 3.63) is 27.7 Å². The van der Waals surface area contributed by atoms with Gasteiger partial charge in [-0.05, 0) is 24.6 Å². The molecule has 0 spiro atoms. The quantitative estimate of drug-likeness (QED) is 0.613. The number of halogens is 2. The summed E-state index contributed by atoms with van der Waals surface area (Å²) in [4.78, 5) is 0. The predicted molar refractivity (Wildman–Crippen MR) is 63.1 cm³/mol. The lowest BCUT2D eigenvalue weighted by Crippen LogP contribution is -2.01. The number of rotatable bonds is 3. The Morgan fingerprint density at radius 2 is 2.07 bits per heavy atom. The topological polar surface area (TPSA) is 12.0 Å². The van der Waals surface area contributed by atoms with Crippen LogP contribution in [0.2, 0.25) is 10.0 Å². The highest BCUT2D eigenvalue weighted by Gasteiger charge is 2.03. The van der Waals surface area contributed by atoms with Gasteiger partial charge in [0.1, 0.15) is 0 Å². The summed E-state index contributed by atoms with van der Waals surface area (Å²) < 4.78 is 0. The lowest BCUT2D eigenvalue weighted by Gasteiger charge is -2.08. The van der Waals surface area contributed by atoms with Gasteiger partial charge in [-0.2, -0.15) is 0 Å². The summed E-state index contributed by atoms with van der Waals surface area (Å²) in [5.74, 6) is 2.54. The monoisotopic (exact) mass is 227 g/mol. The molecule has 0 heterocycles. The molecule has 0 aliphatic rings. The molecule has 1 nitrogen and oxygen atoms in total. The van der Waals surface area contributed by atoms with Gasteiger partial charge in [0.15, 0.2) is 0 Å². The van der Waals surface area contributed by atoms with Crippen LogP contribution in [0, 0.1) is 19.3 Å². The fourth-order valence-electron chi connectivity index (χ4n) is 1.05. The maximum absolute atomic E-state index is 6.01. The minimum atomic E-state index is 0.668. The van der Waals surface area contributed by atoms with Gasteiger partial charge in [0.25, 0.3) is 0 Å². The van der Waals surface area contributed by atoms with Crippen molar-refractivity contribution < 1.29 is 0 Å². The van der Waals surface area contributed by atoms with Crippen molar-refractivity contribution in [2.45, 2.75) is 13.3 Å². The number of hydrogen-bond acceptors (Lipinski definition) is 1. The van der Waals surface area contributed by atoms with E-state index in [-0.39, 0.29) is 0 Å². The molecule has 0 unspecified atom stereocenters. The maximum Gasteiger partial charge on any atom is 0.0641 e. The minimum Gasteiger partial charge on any atom is -0.383 e. The Labute approximate surface area is 94.4 Å². The maximum atomic E-state index is 6.01. The van der Waals surface area contributed by atoms with Crippen molar-refractivity contribution in [2.75, 3.05) is 11.9 Å². The average Bonchev–Trinajstić information content (AvgIpc) is 2.14. The van der Waals surface area contributed by atoms with Crippen molar-refractivity contribution in [3.63, 3.8) is 0 Å². The van der Waals surface area contributed by atoms with E-state index in [2.05, 4.69) is 11.2 Å². The molecular weight excluding hydrogens is 217 g/mol. The van der Waals surface area contributed by atoms with Crippen LogP contribution in [0.5, 0.6) is 0 Å². The van der Waals surface area contributed by atoms with Gasteiger partial charge in [0, 0.05) is 18.0 Å². The Hall–Kier alpha value is -0.840. The zero-order valence-electron chi connectivity index (χ0n) is 7.90. The summed E-state index contributed by atoms with van der Waals surface area (Å²) in [6.07, 6.45) is 5.80. The lowest BCUT2D eigenvalue weighted by molar-refractivity contribution is 1.10. The highest BCUT2D eigenvalue weighted by molar-refractivity contribution is 6.35. The van der Waals surface area contributed by atoms with E-state index in [1.165, 1.54) is 0 Å². The third kappa shape index (κ3) is 2.83. The fourth-order valence-corrected chi connectivity index (χ4v) is 1.50. The Bertz CT molecular complexity index is 366. The second-order valence-electron chi connectivity index (χ2n) is 2.96. The second kappa shape index (κ2) is 5.14. The van der Waals surface area contributed by atoms with E-state index in [4.69, 9.17) is 29.6 Å². The molecule has 1 aromatic rings. The molecule has 0 fully saturated rings. The molecule has 0 amide bonds. The summed E-state index contributed by atoms with van der Waals surface area (Å²) in [6, 6.07) is 3.65. The van der Waals surface area contributed by atoms with E-state index < -0.39 is 0 Å². The Kier molecular flexibility index (Phi) is 4.13. The highest BCUT2D eigenvalue weighted by Crippen LogP contribution is 2.28. The van der Waals surface area contributed by atoms with Gasteiger partial charge in [0.05, 0.1) is 10.7 Å². The first-order valence-corrected chi connectivity index (χ1v) is 5.03. The first-order chi connectivity index (χ1) is 6.65. The van der Waals surface area contributed by atoms with Gasteiger partial charge in [-0.3, -0.25) is 0 Å². The van der Waals surface area contributed by atoms with Crippen LogP contribution in [-0.4, -0.2) is 6.54 Å². The molecular formula is C11H11Cl2N. The summed E-state index contributed by atoms with van der Waals surface area (Å²) in [5, 5.41) is 4.50. The van der Waals surface area contributed by atoms with Crippen molar-refractivity contribution in [2.24, 2.45) is 0 Å². The van der Waals surface area contributed by atoms with Crippen LogP contribution in [0.1, 0.15) is 12.0 Å². The highest BCUT2D eigenvalue weighted by atomic mass is 35.5. The van der Waals surface area contributed by atoms with Crippen molar-refractivity contribution >= 4 is 28.9 Å². The van der Waals surface area contributed by atoms with Gasteiger partial charge in [-0.15, -0.1) is 12.3 Å². The number of terminal acetylenes is 1. The van der Waals surface area contributed by atoms with E-state index >= 15 is 0 Å². The summed E-state index contributed by atoms with van der Waals surface area (Å²) in [5.41, 5.74) is 1.80. The predicted octanol–water partition coefficient (Wildman–Crippen LogP) is 3.74. The van der Waals surface area contributed by atoms with Crippen LogP contribution in [0.3, 0.4) is 0 Å². The minimum absolute atomic E-state index is 0.668. The summed E-state index contributed by atoms with van der Waals surface area (Å²) in [7, 11) is 0. The van der Waals surface area contributed by atoms with Crippen molar-refractivity contribution in [1.82, 2.24) is 0 Å². The van der Waals surface area contributed by atoms with E-state index in [1.54, 1.807) is 0 Å². The molecule has 0 radical (unpaired) electrons. The molecule has 74 valence electrons. The zero-order chi connectivity index (χ0) is 10.6. The molecule has 1 N–H and O–H groups in total. The summed E-state index contributed by atoms with van der Waals surface area (Å²) in [6.45, 7) is 2.62. The molecule has 1 rings (SSSR count). The lowest BCUT2D eigenvalue weighted by atomic mass is 10.2. The van der Waals surface area contributed by atoms with E-state index in [0.29, 0.717) is 23.0 Å². The first-order valence-electron chi connectivity index (χ1n) is 4.28. The Morgan fingerprint density at radius 1 is 1.36 bits per heavy atom. The van der Waals surface area contributed by atoms with E-state index in [1.807, 2.05) is 19.1 Å². The average molecular weight is 228 g/mol. The van der Waals surface area contributed by atoms with Crippen LogP contribution in [-0.2, 0) is 0 Å². The molecule has 1 aromatic carbocycles. The van der Waals surface area contributed by atoms with Gasteiger partial charge in [-0.1, -0.05) is 23.2 Å². The zero-order valence-corrected chi connectivity index (χ0v) is 9.41.